The van der Waals surface area contributed by atoms with Crippen LogP contribution in [0, 0.1) is 13.8 Å². The van der Waals surface area contributed by atoms with Gasteiger partial charge in [-0.15, -0.1) is 0 Å². The number of carbonyl (C=O) groups excluding carboxylic acids is 2. The number of thioether (sulfide) groups is 1. The van der Waals surface area contributed by atoms with Gasteiger partial charge >= 0.3 is 6.03 Å². The van der Waals surface area contributed by atoms with E-state index >= 15 is 0 Å². The molecule has 2 aliphatic rings. The standard InChI is InChI=1S/C30H31N5O2S/c1-19-10-7-15-25(20(19)2)34-29(37)33-24-14-8-11-22(18-24)27-26(28(36)32-23-12-5-4-6-13-23)21(3)31-30-35(27)16-9-17-38-30/h4-8,10-15,18,27H,9,16-17H2,1-3H3,(H,32,36)(H2,33,34,37). The topological polar surface area (TPSA) is 85.8 Å². The van der Waals surface area contributed by atoms with E-state index in [0.717, 1.165) is 52.0 Å². The van der Waals surface area contributed by atoms with Crippen LogP contribution < -0.4 is 16.0 Å². The molecule has 1 unspecified atom stereocenters. The van der Waals surface area contributed by atoms with Crippen LogP contribution in [-0.4, -0.2) is 34.3 Å². The van der Waals surface area contributed by atoms with Crippen molar-refractivity contribution in [2.45, 2.75) is 33.2 Å². The molecule has 0 aliphatic carbocycles. The highest BCUT2D eigenvalue weighted by molar-refractivity contribution is 8.13. The van der Waals surface area contributed by atoms with Gasteiger partial charge in [0.1, 0.15) is 0 Å². The van der Waals surface area contributed by atoms with Crippen LogP contribution in [0.25, 0.3) is 0 Å². The number of anilines is 3. The number of benzene rings is 3. The van der Waals surface area contributed by atoms with Gasteiger partial charge in [0.05, 0.1) is 17.3 Å². The number of carbonyl (C=O) groups is 2. The number of para-hydroxylation sites is 1. The lowest BCUT2D eigenvalue weighted by Crippen LogP contribution is -2.43. The van der Waals surface area contributed by atoms with E-state index in [9.17, 15) is 9.59 Å². The molecule has 194 valence electrons. The number of fused-ring (bicyclic) bond motifs is 1. The summed E-state index contributed by atoms with van der Waals surface area (Å²) in [6.45, 7) is 6.70. The zero-order valence-electron chi connectivity index (χ0n) is 21.7. The molecule has 0 aromatic heterocycles. The molecule has 1 atom stereocenters. The molecule has 0 radical (unpaired) electrons. The summed E-state index contributed by atoms with van der Waals surface area (Å²) in [4.78, 5) is 33.5. The summed E-state index contributed by atoms with van der Waals surface area (Å²) in [5.41, 5.74) is 6.53. The van der Waals surface area contributed by atoms with Crippen LogP contribution in [0.1, 0.15) is 36.1 Å². The lowest BCUT2D eigenvalue weighted by molar-refractivity contribution is -0.113. The van der Waals surface area contributed by atoms with Crippen LogP contribution in [0.3, 0.4) is 0 Å². The number of amidine groups is 1. The Kier molecular flexibility index (Phi) is 7.51. The first-order chi connectivity index (χ1) is 18.4. The second-order valence-electron chi connectivity index (χ2n) is 9.46. The van der Waals surface area contributed by atoms with E-state index in [2.05, 4.69) is 20.9 Å². The van der Waals surface area contributed by atoms with Crippen molar-refractivity contribution >= 4 is 45.9 Å². The van der Waals surface area contributed by atoms with E-state index in [1.165, 1.54) is 0 Å². The zero-order chi connectivity index (χ0) is 26.6. The molecule has 3 N–H and O–H groups in total. The number of rotatable bonds is 5. The molecule has 3 aromatic carbocycles. The summed E-state index contributed by atoms with van der Waals surface area (Å²) in [5.74, 6) is 0.823. The molecule has 0 saturated carbocycles. The quantitative estimate of drug-likeness (QED) is 0.346. The van der Waals surface area contributed by atoms with Gasteiger partial charge < -0.3 is 20.9 Å². The third-order valence-corrected chi connectivity index (χ3v) is 7.92. The van der Waals surface area contributed by atoms with Gasteiger partial charge in [0, 0.05) is 29.4 Å². The van der Waals surface area contributed by atoms with Crippen LogP contribution in [0.5, 0.6) is 0 Å². The van der Waals surface area contributed by atoms with Crippen molar-refractivity contribution in [3.8, 4) is 0 Å². The minimum Gasteiger partial charge on any atom is -0.340 e. The van der Waals surface area contributed by atoms with Crippen LogP contribution in [0.2, 0.25) is 0 Å². The highest BCUT2D eigenvalue weighted by atomic mass is 32.2. The van der Waals surface area contributed by atoms with Gasteiger partial charge in [0.25, 0.3) is 5.91 Å². The number of aryl methyl sites for hydroxylation is 1. The van der Waals surface area contributed by atoms with Gasteiger partial charge in [0.15, 0.2) is 5.17 Å². The monoisotopic (exact) mass is 525 g/mol. The maximum absolute atomic E-state index is 13.6. The minimum absolute atomic E-state index is 0.178. The Hall–Kier alpha value is -4.04. The normalized spacial score (nSPS) is 16.9. The van der Waals surface area contributed by atoms with Gasteiger partial charge in [-0.3, -0.25) is 4.79 Å². The number of hydrogen-bond donors (Lipinski definition) is 3. The van der Waals surface area contributed by atoms with Crippen molar-refractivity contribution in [1.29, 1.82) is 0 Å². The second-order valence-corrected chi connectivity index (χ2v) is 10.5. The van der Waals surface area contributed by atoms with E-state index in [1.54, 1.807) is 11.8 Å². The van der Waals surface area contributed by atoms with Crippen molar-refractivity contribution in [1.82, 2.24) is 4.90 Å². The summed E-state index contributed by atoms with van der Waals surface area (Å²) in [6.07, 6.45) is 1.00. The predicted molar refractivity (Wildman–Crippen MR) is 157 cm³/mol. The highest BCUT2D eigenvalue weighted by Crippen LogP contribution is 2.40. The molecule has 38 heavy (non-hydrogen) atoms. The minimum atomic E-state index is -0.317. The SMILES string of the molecule is CC1=C(C(=O)Nc2ccccc2)C(c2cccc(NC(=O)Nc3cccc(C)c3C)c2)N2CCCSC2=N1. The van der Waals surface area contributed by atoms with Crippen molar-refractivity contribution in [2.75, 3.05) is 28.2 Å². The summed E-state index contributed by atoms with van der Waals surface area (Å²) < 4.78 is 0. The first kappa shape index (κ1) is 25.6. The number of allylic oxidation sites excluding steroid dienone is 1. The van der Waals surface area contributed by atoms with Crippen LogP contribution >= 0.6 is 11.8 Å². The molecule has 7 nitrogen and oxygen atoms in total. The smallest absolute Gasteiger partial charge is 0.323 e. The molecule has 2 aliphatic heterocycles. The summed E-state index contributed by atoms with van der Waals surface area (Å²) in [7, 11) is 0. The molecule has 8 heteroatoms. The van der Waals surface area contributed by atoms with E-state index in [0.29, 0.717) is 17.0 Å². The van der Waals surface area contributed by atoms with E-state index < -0.39 is 0 Å². The van der Waals surface area contributed by atoms with Crippen LogP contribution in [-0.2, 0) is 4.79 Å². The number of amides is 3. The largest absolute Gasteiger partial charge is 0.340 e. The Labute approximate surface area is 227 Å². The fraction of sp³-hybridized carbons (Fsp3) is 0.233. The molecule has 0 bridgehead atoms. The third kappa shape index (κ3) is 5.45. The molecule has 2 heterocycles. The third-order valence-electron chi connectivity index (χ3n) is 6.85. The van der Waals surface area contributed by atoms with Gasteiger partial charge in [-0.05, 0) is 74.2 Å². The number of urea groups is 1. The van der Waals surface area contributed by atoms with E-state index in [1.807, 2.05) is 93.6 Å². The Morgan fingerprint density at radius 3 is 2.47 bits per heavy atom. The second kappa shape index (κ2) is 11.1. The van der Waals surface area contributed by atoms with Crippen LogP contribution in [0.4, 0.5) is 21.9 Å². The molecular formula is C30H31N5O2S. The van der Waals surface area contributed by atoms with Gasteiger partial charge in [-0.25, -0.2) is 9.79 Å². The number of nitrogens with one attached hydrogen (secondary N) is 3. The molecule has 5 rings (SSSR count). The Bertz CT molecular complexity index is 1430. The predicted octanol–water partition coefficient (Wildman–Crippen LogP) is 6.71. The van der Waals surface area contributed by atoms with E-state index in [-0.39, 0.29) is 18.0 Å². The van der Waals surface area contributed by atoms with Crippen LogP contribution in [0.15, 0.2) is 89.1 Å². The lowest BCUT2D eigenvalue weighted by atomic mass is 9.93. The summed E-state index contributed by atoms with van der Waals surface area (Å²) in [6, 6.07) is 22.4. The Morgan fingerprint density at radius 2 is 1.66 bits per heavy atom. The van der Waals surface area contributed by atoms with E-state index in [4.69, 9.17) is 4.99 Å². The first-order valence-corrected chi connectivity index (χ1v) is 13.7. The number of nitrogens with zero attached hydrogens (tertiary/aromatic N) is 2. The van der Waals surface area contributed by atoms with Crippen molar-refractivity contribution in [3.05, 3.63) is 101 Å². The van der Waals surface area contributed by atoms with Gasteiger partial charge in [-0.1, -0.05) is 54.2 Å². The zero-order valence-corrected chi connectivity index (χ0v) is 22.6. The van der Waals surface area contributed by atoms with Gasteiger partial charge in [-0.2, -0.15) is 0 Å². The maximum Gasteiger partial charge on any atom is 0.323 e. The lowest BCUT2D eigenvalue weighted by Gasteiger charge is -2.41. The molecule has 3 amide bonds. The fourth-order valence-corrected chi connectivity index (χ4v) is 5.80. The number of hydrogen-bond acceptors (Lipinski definition) is 5. The van der Waals surface area contributed by atoms with Crippen molar-refractivity contribution < 1.29 is 9.59 Å². The first-order valence-electron chi connectivity index (χ1n) is 12.7. The molecule has 1 fully saturated rings. The highest BCUT2D eigenvalue weighted by Gasteiger charge is 2.37. The molecule has 0 spiro atoms. The number of aliphatic imine (C=N–C) groups is 1. The Balaban J connectivity index is 1.43. The average Bonchev–Trinajstić information content (AvgIpc) is 2.91. The average molecular weight is 526 g/mol. The molecule has 3 aromatic rings. The summed E-state index contributed by atoms with van der Waals surface area (Å²) >= 11 is 1.72. The Morgan fingerprint density at radius 1 is 0.895 bits per heavy atom. The maximum atomic E-state index is 13.6. The van der Waals surface area contributed by atoms with Crippen molar-refractivity contribution in [2.24, 2.45) is 4.99 Å². The van der Waals surface area contributed by atoms with Crippen molar-refractivity contribution in [3.63, 3.8) is 0 Å². The molecular weight excluding hydrogens is 494 g/mol. The fourth-order valence-electron chi connectivity index (χ4n) is 4.78. The molecule has 1 saturated heterocycles. The van der Waals surface area contributed by atoms with Gasteiger partial charge in [0.2, 0.25) is 0 Å². The summed E-state index contributed by atoms with van der Waals surface area (Å²) in [5, 5.41) is 9.89.